The number of ether oxygens (including phenoxy) is 1. The Labute approximate surface area is 105 Å². The lowest BCUT2D eigenvalue weighted by atomic mass is 10.4. The fourth-order valence-corrected chi connectivity index (χ4v) is 1.81. The molecule has 1 saturated heterocycles. The van der Waals surface area contributed by atoms with E-state index in [1.807, 2.05) is 0 Å². The predicted octanol–water partition coefficient (Wildman–Crippen LogP) is -0.432. The summed E-state index contributed by atoms with van der Waals surface area (Å²) in [6, 6.07) is 0.496. The fraction of sp³-hybridized carbons (Fsp3) is 0.700. The Morgan fingerprint density at radius 3 is 2.50 bits per heavy atom. The van der Waals surface area contributed by atoms with Crippen molar-refractivity contribution in [2.24, 2.45) is 5.84 Å². The van der Waals surface area contributed by atoms with Crippen LogP contribution in [0.2, 0.25) is 0 Å². The maximum absolute atomic E-state index is 5.39. The molecule has 0 aromatic carbocycles. The molecule has 0 amide bonds. The van der Waals surface area contributed by atoms with Gasteiger partial charge in [0, 0.05) is 19.1 Å². The zero-order chi connectivity index (χ0) is 12.4. The molecule has 0 unspecified atom stereocenters. The highest BCUT2D eigenvalue weighted by molar-refractivity contribution is 5.44. The summed E-state index contributed by atoms with van der Waals surface area (Å²) < 4.78 is 5.31. The largest absolute Gasteiger partial charge is 0.378 e. The molecule has 1 aromatic rings. The molecule has 8 nitrogen and oxygen atoms in total. The number of aromatic nitrogens is 3. The van der Waals surface area contributed by atoms with Gasteiger partial charge in [-0.1, -0.05) is 0 Å². The summed E-state index contributed by atoms with van der Waals surface area (Å²) in [4.78, 5) is 15.0. The molecule has 0 bridgehead atoms. The Balaban J connectivity index is 1.81. The van der Waals surface area contributed by atoms with Gasteiger partial charge in [0.1, 0.15) is 0 Å². The van der Waals surface area contributed by atoms with Crippen LogP contribution in [0.3, 0.4) is 0 Å². The van der Waals surface area contributed by atoms with E-state index < -0.39 is 0 Å². The molecule has 1 aliphatic heterocycles. The molecule has 1 aromatic heterocycles. The first-order valence-electron chi connectivity index (χ1n) is 6.17. The zero-order valence-electron chi connectivity index (χ0n) is 10.1. The number of nitrogens with two attached hydrogens (primary N) is 1. The van der Waals surface area contributed by atoms with Crippen LogP contribution in [0.1, 0.15) is 12.8 Å². The maximum atomic E-state index is 5.39. The molecule has 2 heterocycles. The highest BCUT2D eigenvalue weighted by Gasteiger charge is 2.23. The SMILES string of the molecule is NNc1nc(NC2CC2)nc(N2CCOCC2)n1. The van der Waals surface area contributed by atoms with Crippen molar-refractivity contribution in [2.45, 2.75) is 18.9 Å². The standard InChI is InChI=1S/C10H17N7O/c11-16-9-13-8(12-7-1-2-7)14-10(15-9)17-3-5-18-6-4-17/h7H,1-6,11H2,(H2,12,13,14,15,16). The monoisotopic (exact) mass is 251 g/mol. The summed E-state index contributed by atoms with van der Waals surface area (Å²) in [6.07, 6.45) is 2.34. The first-order valence-corrected chi connectivity index (χ1v) is 6.17. The second kappa shape index (κ2) is 4.91. The highest BCUT2D eigenvalue weighted by Crippen LogP contribution is 2.24. The van der Waals surface area contributed by atoms with E-state index in [2.05, 4.69) is 30.6 Å². The predicted molar refractivity (Wildman–Crippen MR) is 67.3 cm³/mol. The molecule has 2 aliphatic rings. The lowest BCUT2D eigenvalue weighted by Crippen LogP contribution is -2.37. The number of nitrogens with one attached hydrogen (secondary N) is 2. The Hall–Kier alpha value is -1.67. The van der Waals surface area contributed by atoms with Crippen LogP contribution in [-0.4, -0.2) is 47.3 Å². The Kier molecular flexibility index (Phi) is 3.11. The van der Waals surface area contributed by atoms with E-state index in [1.165, 1.54) is 12.8 Å². The summed E-state index contributed by atoms with van der Waals surface area (Å²) in [5.41, 5.74) is 2.48. The smallest absolute Gasteiger partial charge is 0.243 e. The molecule has 0 spiro atoms. The minimum absolute atomic E-state index is 0.384. The van der Waals surface area contributed by atoms with Gasteiger partial charge >= 0.3 is 0 Å². The molecule has 2 fully saturated rings. The van der Waals surface area contributed by atoms with Crippen molar-refractivity contribution in [3.05, 3.63) is 0 Å². The molecule has 4 N–H and O–H groups in total. The van der Waals surface area contributed by atoms with Crippen LogP contribution >= 0.6 is 0 Å². The molecular formula is C10H17N7O. The van der Waals surface area contributed by atoms with Gasteiger partial charge in [-0.15, -0.1) is 0 Å². The van der Waals surface area contributed by atoms with E-state index in [9.17, 15) is 0 Å². The summed E-state index contributed by atoms with van der Waals surface area (Å²) in [6.45, 7) is 2.97. The maximum Gasteiger partial charge on any atom is 0.243 e. The third-order valence-electron chi connectivity index (χ3n) is 2.96. The molecule has 8 heteroatoms. The minimum Gasteiger partial charge on any atom is -0.378 e. The Morgan fingerprint density at radius 1 is 1.11 bits per heavy atom. The van der Waals surface area contributed by atoms with E-state index in [4.69, 9.17) is 10.6 Å². The third kappa shape index (κ3) is 2.59. The van der Waals surface area contributed by atoms with Crippen LogP contribution in [0.15, 0.2) is 0 Å². The number of anilines is 3. The van der Waals surface area contributed by atoms with Gasteiger partial charge in [0.15, 0.2) is 0 Å². The lowest BCUT2D eigenvalue weighted by molar-refractivity contribution is 0.122. The van der Waals surface area contributed by atoms with Crippen molar-refractivity contribution in [3.63, 3.8) is 0 Å². The van der Waals surface area contributed by atoms with Crippen LogP contribution < -0.4 is 21.5 Å². The van der Waals surface area contributed by atoms with E-state index in [-0.39, 0.29) is 0 Å². The molecule has 98 valence electrons. The Morgan fingerprint density at radius 2 is 1.83 bits per heavy atom. The minimum atomic E-state index is 0.384. The van der Waals surface area contributed by atoms with E-state index in [0.29, 0.717) is 37.1 Å². The van der Waals surface area contributed by atoms with Gasteiger partial charge in [0.05, 0.1) is 13.2 Å². The van der Waals surface area contributed by atoms with Crippen molar-refractivity contribution >= 4 is 17.8 Å². The van der Waals surface area contributed by atoms with E-state index in [0.717, 1.165) is 13.1 Å². The third-order valence-corrected chi connectivity index (χ3v) is 2.96. The molecule has 3 rings (SSSR count). The molecule has 1 aliphatic carbocycles. The quantitative estimate of drug-likeness (QED) is 0.489. The van der Waals surface area contributed by atoms with Gasteiger partial charge < -0.3 is 15.0 Å². The second-order valence-corrected chi connectivity index (χ2v) is 4.44. The van der Waals surface area contributed by atoms with Gasteiger partial charge in [0.25, 0.3) is 0 Å². The van der Waals surface area contributed by atoms with Gasteiger partial charge in [-0.05, 0) is 12.8 Å². The van der Waals surface area contributed by atoms with Gasteiger partial charge in [-0.3, -0.25) is 5.43 Å². The number of nitrogen functional groups attached to an aromatic ring is 1. The summed E-state index contributed by atoms with van der Waals surface area (Å²) in [5.74, 6) is 7.00. The van der Waals surface area contributed by atoms with Crippen molar-refractivity contribution in [2.75, 3.05) is 41.9 Å². The number of hydrogen-bond donors (Lipinski definition) is 3. The zero-order valence-corrected chi connectivity index (χ0v) is 10.1. The van der Waals surface area contributed by atoms with Crippen molar-refractivity contribution in [3.8, 4) is 0 Å². The highest BCUT2D eigenvalue weighted by atomic mass is 16.5. The molecule has 0 radical (unpaired) electrons. The first-order chi connectivity index (χ1) is 8.85. The van der Waals surface area contributed by atoms with Crippen molar-refractivity contribution in [1.29, 1.82) is 0 Å². The number of nitrogens with zero attached hydrogens (tertiary/aromatic N) is 4. The first kappa shape index (κ1) is 11.4. The van der Waals surface area contributed by atoms with E-state index in [1.54, 1.807) is 0 Å². The van der Waals surface area contributed by atoms with Crippen LogP contribution in [0, 0.1) is 0 Å². The van der Waals surface area contributed by atoms with Crippen LogP contribution in [0.4, 0.5) is 17.8 Å². The number of hydrogen-bond acceptors (Lipinski definition) is 8. The van der Waals surface area contributed by atoms with E-state index >= 15 is 0 Å². The lowest BCUT2D eigenvalue weighted by Gasteiger charge is -2.27. The van der Waals surface area contributed by atoms with Gasteiger partial charge in [-0.2, -0.15) is 15.0 Å². The molecule has 1 saturated carbocycles. The van der Waals surface area contributed by atoms with Crippen molar-refractivity contribution in [1.82, 2.24) is 15.0 Å². The topological polar surface area (TPSA) is 101 Å². The van der Waals surface area contributed by atoms with Crippen LogP contribution in [-0.2, 0) is 4.74 Å². The summed E-state index contributed by atoms with van der Waals surface area (Å²) in [5, 5.41) is 3.25. The second-order valence-electron chi connectivity index (χ2n) is 4.44. The molecule has 0 atom stereocenters. The normalized spacial score (nSPS) is 19.7. The number of morpholine rings is 1. The summed E-state index contributed by atoms with van der Waals surface area (Å²) in [7, 11) is 0. The Bertz CT molecular complexity index is 417. The average molecular weight is 251 g/mol. The molecular weight excluding hydrogens is 234 g/mol. The number of rotatable bonds is 4. The molecule has 18 heavy (non-hydrogen) atoms. The fourth-order valence-electron chi connectivity index (χ4n) is 1.81. The summed E-state index contributed by atoms with van der Waals surface area (Å²) >= 11 is 0. The number of hydrazine groups is 1. The van der Waals surface area contributed by atoms with Gasteiger partial charge in [0.2, 0.25) is 17.8 Å². The van der Waals surface area contributed by atoms with Crippen molar-refractivity contribution < 1.29 is 4.74 Å². The van der Waals surface area contributed by atoms with Crippen LogP contribution in [0.25, 0.3) is 0 Å². The average Bonchev–Trinajstić information content (AvgIpc) is 3.23. The van der Waals surface area contributed by atoms with Crippen LogP contribution in [0.5, 0.6) is 0 Å². The van der Waals surface area contributed by atoms with Gasteiger partial charge in [-0.25, -0.2) is 5.84 Å².